The first-order valence-electron chi connectivity index (χ1n) is 8.95. The summed E-state index contributed by atoms with van der Waals surface area (Å²) in [6.45, 7) is 0.759. The normalized spacial score (nSPS) is 11.1. The molecule has 8 heteroatoms. The molecule has 0 aliphatic rings. The van der Waals surface area contributed by atoms with Gasteiger partial charge in [0, 0.05) is 23.7 Å². The average Bonchev–Trinajstić information content (AvgIpc) is 3.49. The highest BCUT2D eigenvalue weighted by Crippen LogP contribution is 2.20. The number of rotatable bonds is 6. The molecule has 0 unspecified atom stereocenters. The maximum atomic E-state index is 4.64. The van der Waals surface area contributed by atoms with Gasteiger partial charge in [0.25, 0.3) is 0 Å². The Labute approximate surface area is 165 Å². The second kappa shape index (κ2) is 7.24. The number of anilines is 1. The van der Waals surface area contributed by atoms with Crippen LogP contribution >= 0.6 is 11.3 Å². The number of nitrogens with zero attached hydrogens (tertiary/aromatic N) is 6. The van der Waals surface area contributed by atoms with Crippen molar-refractivity contribution in [2.24, 2.45) is 0 Å². The SMILES string of the molecule is c1ccc(-n2cc(CCNc3ccc4nnc(-c5ccsc5)n4n3)cn2)cc1. The highest BCUT2D eigenvalue weighted by Gasteiger charge is 2.10. The molecule has 0 bridgehead atoms. The van der Waals surface area contributed by atoms with Crippen molar-refractivity contribution < 1.29 is 0 Å². The van der Waals surface area contributed by atoms with Crippen LogP contribution in [0.25, 0.3) is 22.7 Å². The minimum Gasteiger partial charge on any atom is -0.368 e. The van der Waals surface area contributed by atoms with Crippen molar-refractivity contribution >= 4 is 22.8 Å². The molecule has 1 N–H and O–H groups in total. The summed E-state index contributed by atoms with van der Waals surface area (Å²) < 4.78 is 3.67. The van der Waals surface area contributed by atoms with Gasteiger partial charge in [-0.2, -0.15) is 21.0 Å². The third kappa shape index (κ3) is 3.25. The molecule has 0 saturated heterocycles. The van der Waals surface area contributed by atoms with Crippen molar-refractivity contribution in [1.82, 2.24) is 29.6 Å². The van der Waals surface area contributed by atoms with Gasteiger partial charge in [-0.1, -0.05) is 18.2 Å². The predicted molar refractivity (Wildman–Crippen MR) is 110 cm³/mol. The lowest BCUT2D eigenvalue weighted by Crippen LogP contribution is -2.08. The zero-order chi connectivity index (χ0) is 18.8. The summed E-state index contributed by atoms with van der Waals surface area (Å²) in [4.78, 5) is 0. The highest BCUT2D eigenvalue weighted by atomic mass is 32.1. The third-order valence-electron chi connectivity index (χ3n) is 4.42. The maximum absolute atomic E-state index is 4.64. The van der Waals surface area contributed by atoms with Gasteiger partial charge in [-0.05, 0) is 47.7 Å². The van der Waals surface area contributed by atoms with E-state index in [1.807, 2.05) is 70.2 Å². The maximum Gasteiger partial charge on any atom is 0.186 e. The summed E-state index contributed by atoms with van der Waals surface area (Å²) in [5.74, 6) is 1.54. The largest absolute Gasteiger partial charge is 0.368 e. The second-order valence-corrected chi connectivity index (χ2v) is 7.11. The number of benzene rings is 1. The second-order valence-electron chi connectivity index (χ2n) is 6.33. The van der Waals surface area contributed by atoms with Gasteiger partial charge in [0.2, 0.25) is 0 Å². The molecule has 0 radical (unpaired) electrons. The van der Waals surface area contributed by atoms with E-state index in [0.29, 0.717) is 0 Å². The number of thiophene rings is 1. The molecule has 0 saturated carbocycles. The molecule has 1 aromatic carbocycles. The summed E-state index contributed by atoms with van der Waals surface area (Å²) in [7, 11) is 0. The van der Waals surface area contributed by atoms with Crippen LogP contribution in [0.2, 0.25) is 0 Å². The molecule has 4 aromatic heterocycles. The zero-order valence-electron chi connectivity index (χ0n) is 14.9. The van der Waals surface area contributed by atoms with Crippen LogP contribution in [0.4, 0.5) is 5.82 Å². The summed E-state index contributed by atoms with van der Waals surface area (Å²) >= 11 is 1.63. The molecule has 4 heterocycles. The monoisotopic (exact) mass is 387 g/mol. The van der Waals surface area contributed by atoms with E-state index in [1.165, 1.54) is 5.56 Å². The Morgan fingerprint density at radius 1 is 1.00 bits per heavy atom. The van der Waals surface area contributed by atoms with Crippen LogP contribution in [-0.4, -0.2) is 36.1 Å². The molecule has 0 aliphatic heterocycles. The first-order chi connectivity index (χ1) is 13.9. The average molecular weight is 387 g/mol. The number of nitrogens with one attached hydrogen (secondary N) is 1. The number of aromatic nitrogens is 6. The van der Waals surface area contributed by atoms with Crippen molar-refractivity contribution in [1.29, 1.82) is 0 Å². The quantitative estimate of drug-likeness (QED) is 0.481. The fourth-order valence-electron chi connectivity index (χ4n) is 3.00. The Morgan fingerprint density at radius 2 is 1.93 bits per heavy atom. The molecule has 28 heavy (non-hydrogen) atoms. The summed E-state index contributed by atoms with van der Waals surface area (Å²) in [5, 5.41) is 25.0. The van der Waals surface area contributed by atoms with Crippen LogP contribution in [0.3, 0.4) is 0 Å². The molecule has 138 valence electrons. The molecule has 0 atom stereocenters. The highest BCUT2D eigenvalue weighted by molar-refractivity contribution is 7.08. The van der Waals surface area contributed by atoms with E-state index in [0.717, 1.165) is 41.5 Å². The van der Waals surface area contributed by atoms with Gasteiger partial charge < -0.3 is 5.32 Å². The van der Waals surface area contributed by atoms with Crippen LogP contribution in [0.1, 0.15) is 5.56 Å². The summed E-state index contributed by atoms with van der Waals surface area (Å²) in [6, 6.07) is 16.0. The Balaban J connectivity index is 1.28. The van der Waals surface area contributed by atoms with Gasteiger partial charge in [0.1, 0.15) is 5.82 Å². The molecule has 7 nitrogen and oxygen atoms in total. The molecular formula is C20H17N7S. The smallest absolute Gasteiger partial charge is 0.186 e. The number of hydrogen-bond donors (Lipinski definition) is 1. The molecule has 5 rings (SSSR count). The predicted octanol–water partition coefficient (Wildman–Crippen LogP) is 3.69. The molecular weight excluding hydrogens is 370 g/mol. The van der Waals surface area contributed by atoms with Gasteiger partial charge in [-0.15, -0.1) is 15.3 Å². The topological polar surface area (TPSA) is 72.9 Å². The number of para-hydroxylation sites is 1. The van der Waals surface area contributed by atoms with E-state index in [2.05, 4.69) is 31.9 Å². The Hall–Kier alpha value is -3.52. The van der Waals surface area contributed by atoms with Crippen molar-refractivity contribution in [3.05, 3.63) is 77.2 Å². The van der Waals surface area contributed by atoms with Crippen molar-refractivity contribution in [2.45, 2.75) is 6.42 Å². The van der Waals surface area contributed by atoms with E-state index in [4.69, 9.17) is 0 Å². The lowest BCUT2D eigenvalue weighted by Gasteiger charge is -2.05. The van der Waals surface area contributed by atoms with Crippen LogP contribution in [0.5, 0.6) is 0 Å². The zero-order valence-corrected chi connectivity index (χ0v) is 15.8. The fourth-order valence-corrected chi connectivity index (χ4v) is 3.64. The van der Waals surface area contributed by atoms with Gasteiger partial charge in [0.15, 0.2) is 11.5 Å². The van der Waals surface area contributed by atoms with Crippen LogP contribution in [-0.2, 0) is 6.42 Å². The van der Waals surface area contributed by atoms with Crippen LogP contribution < -0.4 is 5.32 Å². The Kier molecular flexibility index (Phi) is 4.30. The van der Waals surface area contributed by atoms with Crippen molar-refractivity contribution in [3.63, 3.8) is 0 Å². The fraction of sp³-hybridized carbons (Fsp3) is 0.100. The first kappa shape index (κ1) is 16.6. The van der Waals surface area contributed by atoms with E-state index in [-0.39, 0.29) is 0 Å². The van der Waals surface area contributed by atoms with Crippen LogP contribution in [0, 0.1) is 0 Å². The Bertz CT molecular complexity index is 1190. The van der Waals surface area contributed by atoms with Gasteiger partial charge in [-0.25, -0.2) is 4.68 Å². The van der Waals surface area contributed by atoms with Gasteiger partial charge >= 0.3 is 0 Å². The van der Waals surface area contributed by atoms with E-state index < -0.39 is 0 Å². The van der Waals surface area contributed by atoms with Crippen molar-refractivity contribution in [2.75, 3.05) is 11.9 Å². The molecule has 5 aromatic rings. The molecule has 0 aliphatic carbocycles. The van der Waals surface area contributed by atoms with E-state index >= 15 is 0 Å². The van der Waals surface area contributed by atoms with Crippen molar-refractivity contribution in [3.8, 4) is 17.1 Å². The lowest BCUT2D eigenvalue weighted by molar-refractivity contribution is 0.879. The number of hydrogen-bond acceptors (Lipinski definition) is 6. The minimum absolute atomic E-state index is 0.732. The summed E-state index contributed by atoms with van der Waals surface area (Å²) in [6.07, 6.45) is 4.81. The van der Waals surface area contributed by atoms with Gasteiger partial charge in [0.05, 0.1) is 11.9 Å². The third-order valence-corrected chi connectivity index (χ3v) is 5.10. The Morgan fingerprint density at radius 3 is 2.79 bits per heavy atom. The van der Waals surface area contributed by atoms with E-state index in [1.54, 1.807) is 15.9 Å². The first-order valence-corrected chi connectivity index (χ1v) is 9.89. The van der Waals surface area contributed by atoms with Crippen LogP contribution in [0.15, 0.2) is 71.7 Å². The number of fused-ring (bicyclic) bond motifs is 1. The van der Waals surface area contributed by atoms with Gasteiger partial charge in [-0.3, -0.25) is 0 Å². The minimum atomic E-state index is 0.732. The van der Waals surface area contributed by atoms with E-state index in [9.17, 15) is 0 Å². The molecule has 0 amide bonds. The standard InChI is InChI=1S/C20H17N7S/c1-2-4-17(5-3-1)26-13-15(12-22-26)8-10-21-18-6-7-19-23-24-20(27(19)25-18)16-9-11-28-14-16/h1-7,9,11-14H,8,10H2,(H,21,25). The summed E-state index contributed by atoms with van der Waals surface area (Å²) in [5.41, 5.74) is 3.98. The lowest BCUT2D eigenvalue weighted by atomic mass is 10.2. The molecule has 0 fully saturated rings. The molecule has 0 spiro atoms.